The van der Waals surface area contributed by atoms with Crippen molar-refractivity contribution in [1.29, 1.82) is 0 Å². The number of fused-ring (bicyclic) bond motifs is 1. The van der Waals surface area contributed by atoms with E-state index in [4.69, 9.17) is 4.98 Å². The van der Waals surface area contributed by atoms with Gasteiger partial charge in [-0.3, -0.25) is 28.6 Å². The van der Waals surface area contributed by atoms with Gasteiger partial charge in [0.1, 0.15) is 21.7 Å². The lowest BCUT2D eigenvalue weighted by Gasteiger charge is -2.43. The number of hydrogen-bond donors (Lipinski definition) is 1. The number of nitrogens with zero attached hydrogens (tertiary/aromatic N) is 9. The van der Waals surface area contributed by atoms with E-state index in [1.54, 1.807) is 27.7 Å². The molecule has 14 heteroatoms. The molecule has 7 heterocycles. The summed E-state index contributed by atoms with van der Waals surface area (Å²) in [5, 5.41) is 21.2. The molecule has 53 heavy (non-hydrogen) atoms. The Morgan fingerprint density at radius 1 is 0.943 bits per heavy atom. The van der Waals surface area contributed by atoms with Gasteiger partial charge in [0.05, 0.1) is 29.7 Å². The van der Waals surface area contributed by atoms with Crippen LogP contribution in [0.2, 0.25) is 0 Å². The minimum Gasteiger partial charge on any atom is -0.388 e. The van der Waals surface area contributed by atoms with Gasteiger partial charge in [0.15, 0.2) is 0 Å². The standard InChI is InChI=1S/C39H41N9O4S/c1-25-9-10-28(19-40-25)35-43-26(2)34(53-35)38(51)46-16-13-30(31(22-46)27-7-5-4-6-8-27)36(49)45-17-14-39(52,15-18-45)23-47-24-42-48-32(11-12-33(48)37(47)50)29-20-41-44(3)21-29/h4-12,19-21,24,30-31,52H,13-18,22-23H2,1-3H3/t30-,31+/m1/s1. The van der Waals surface area contributed by atoms with Gasteiger partial charge in [0, 0.05) is 74.3 Å². The van der Waals surface area contributed by atoms with E-state index in [1.165, 1.54) is 22.2 Å². The second-order valence-corrected chi connectivity index (χ2v) is 15.3. The molecule has 8 rings (SSSR count). The summed E-state index contributed by atoms with van der Waals surface area (Å²) in [5.74, 6) is -0.543. The predicted octanol–water partition coefficient (Wildman–Crippen LogP) is 4.33. The van der Waals surface area contributed by atoms with E-state index in [9.17, 15) is 19.5 Å². The maximum atomic E-state index is 14.3. The molecule has 0 saturated carbocycles. The van der Waals surface area contributed by atoms with E-state index in [2.05, 4.69) is 15.2 Å². The van der Waals surface area contributed by atoms with E-state index in [-0.39, 0.29) is 35.8 Å². The van der Waals surface area contributed by atoms with Gasteiger partial charge in [0.2, 0.25) is 5.91 Å². The zero-order valence-electron chi connectivity index (χ0n) is 29.9. The summed E-state index contributed by atoms with van der Waals surface area (Å²) >= 11 is 1.38. The molecule has 272 valence electrons. The number of hydrogen-bond acceptors (Lipinski definition) is 9. The number of aliphatic hydroxyl groups is 1. The van der Waals surface area contributed by atoms with Crippen molar-refractivity contribution in [2.24, 2.45) is 13.0 Å². The fourth-order valence-electron chi connectivity index (χ4n) is 7.69. The number of aryl methyl sites for hydroxylation is 3. The Morgan fingerprint density at radius 2 is 1.74 bits per heavy atom. The Morgan fingerprint density at radius 3 is 2.45 bits per heavy atom. The molecule has 2 fully saturated rings. The molecule has 5 aromatic heterocycles. The molecule has 1 aromatic carbocycles. The molecule has 2 amide bonds. The van der Waals surface area contributed by atoms with Crippen LogP contribution in [0.4, 0.5) is 0 Å². The SMILES string of the molecule is Cc1ccc(-c2nc(C)c(C(=O)N3CC[C@@H](C(=O)N4CCC(O)(Cn5cnn6c(-c7cnn(C)c7)ccc6c5=O)CC4)[C@H](c4ccccc4)C3)s2)cn1. The van der Waals surface area contributed by atoms with Crippen molar-refractivity contribution >= 4 is 28.7 Å². The van der Waals surface area contributed by atoms with Crippen molar-refractivity contribution < 1.29 is 14.7 Å². The molecule has 1 N–H and O–H groups in total. The van der Waals surface area contributed by atoms with Gasteiger partial charge in [-0.2, -0.15) is 10.2 Å². The van der Waals surface area contributed by atoms with Gasteiger partial charge in [-0.1, -0.05) is 30.3 Å². The molecule has 0 radical (unpaired) electrons. The van der Waals surface area contributed by atoms with Crippen LogP contribution in [0.3, 0.4) is 0 Å². The highest BCUT2D eigenvalue weighted by Gasteiger charge is 2.42. The van der Waals surface area contributed by atoms with Crippen molar-refractivity contribution in [2.45, 2.75) is 51.2 Å². The molecule has 0 spiro atoms. The molecule has 0 aliphatic carbocycles. The average Bonchev–Trinajstić information content (AvgIpc) is 3.91. The first-order valence-corrected chi connectivity index (χ1v) is 18.7. The second kappa shape index (κ2) is 13.8. The monoisotopic (exact) mass is 731 g/mol. The quantitative estimate of drug-likeness (QED) is 0.256. The molecule has 2 atom stereocenters. The van der Waals surface area contributed by atoms with E-state index in [0.717, 1.165) is 33.1 Å². The van der Waals surface area contributed by atoms with Crippen LogP contribution in [0.5, 0.6) is 0 Å². The third-order valence-corrected chi connectivity index (χ3v) is 11.9. The summed E-state index contributed by atoms with van der Waals surface area (Å²) in [6.07, 6.45) is 8.02. The molecular formula is C39H41N9O4S. The topological polar surface area (TPSA) is 144 Å². The molecule has 2 aliphatic heterocycles. The minimum atomic E-state index is -1.17. The van der Waals surface area contributed by atoms with Gasteiger partial charge in [-0.15, -0.1) is 11.3 Å². The Hall–Kier alpha value is -5.47. The van der Waals surface area contributed by atoms with Crippen LogP contribution in [0, 0.1) is 19.8 Å². The average molecular weight is 732 g/mol. The number of carbonyl (C=O) groups is 2. The highest BCUT2D eigenvalue weighted by molar-refractivity contribution is 7.17. The third-order valence-electron chi connectivity index (χ3n) is 10.7. The van der Waals surface area contributed by atoms with Crippen LogP contribution in [0.15, 0.2) is 84.3 Å². The molecule has 0 unspecified atom stereocenters. The van der Waals surface area contributed by atoms with Crippen molar-refractivity contribution in [3.8, 4) is 21.8 Å². The third kappa shape index (κ3) is 6.68. The predicted molar refractivity (Wildman–Crippen MR) is 200 cm³/mol. The Bertz CT molecular complexity index is 2350. The zero-order chi connectivity index (χ0) is 36.9. The summed E-state index contributed by atoms with van der Waals surface area (Å²) in [6, 6.07) is 17.4. The van der Waals surface area contributed by atoms with Gasteiger partial charge < -0.3 is 14.9 Å². The van der Waals surface area contributed by atoms with Crippen LogP contribution < -0.4 is 5.56 Å². The summed E-state index contributed by atoms with van der Waals surface area (Å²) in [4.78, 5) is 55.1. The van der Waals surface area contributed by atoms with Gasteiger partial charge in [-0.05, 0) is 62.9 Å². The largest absolute Gasteiger partial charge is 0.388 e. The maximum Gasteiger partial charge on any atom is 0.277 e. The van der Waals surface area contributed by atoms with E-state index in [1.807, 2.05) is 85.4 Å². The first-order chi connectivity index (χ1) is 25.6. The van der Waals surface area contributed by atoms with Crippen LogP contribution in [0.25, 0.3) is 27.3 Å². The van der Waals surface area contributed by atoms with Crippen LogP contribution in [-0.2, 0) is 18.4 Å². The molecule has 6 aromatic rings. The zero-order valence-corrected chi connectivity index (χ0v) is 30.7. The van der Waals surface area contributed by atoms with E-state index in [0.29, 0.717) is 61.5 Å². The molecule has 0 bridgehead atoms. The number of benzene rings is 1. The molecule has 13 nitrogen and oxygen atoms in total. The summed E-state index contributed by atoms with van der Waals surface area (Å²) < 4.78 is 4.76. The fourth-order valence-corrected chi connectivity index (χ4v) is 8.72. The van der Waals surface area contributed by atoms with Gasteiger partial charge in [-0.25, -0.2) is 9.50 Å². The lowest BCUT2D eigenvalue weighted by Crippen LogP contribution is -2.53. The normalized spacial score (nSPS) is 18.8. The van der Waals surface area contributed by atoms with Crippen LogP contribution >= 0.6 is 11.3 Å². The van der Waals surface area contributed by atoms with Crippen molar-refractivity contribution in [3.63, 3.8) is 0 Å². The first-order valence-electron chi connectivity index (χ1n) is 17.9. The van der Waals surface area contributed by atoms with Crippen molar-refractivity contribution in [1.82, 2.24) is 43.7 Å². The van der Waals surface area contributed by atoms with E-state index < -0.39 is 5.60 Å². The highest BCUT2D eigenvalue weighted by Crippen LogP contribution is 2.37. The van der Waals surface area contributed by atoms with Gasteiger partial charge in [0.25, 0.3) is 11.5 Å². The summed E-state index contributed by atoms with van der Waals surface area (Å²) in [7, 11) is 1.83. The Labute approximate surface area is 310 Å². The maximum absolute atomic E-state index is 14.3. The van der Waals surface area contributed by atoms with Crippen molar-refractivity contribution in [2.75, 3.05) is 26.2 Å². The molecule has 2 aliphatic rings. The number of rotatable bonds is 7. The lowest BCUT2D eigenvalue weighted by atomic mass is 9.79. The summed E-state index contributed by atoms with van der Waals surface area (Å²) in [6.45, 7) is 5.48. The smallest absolute Gasteiger partial charge is 0.277 e. The summed E-state index contributed by atoms with van der Waals surface area (Å²) in [5.41, 5.74) is 4.10. The number of amides is 2. The second-order valence-electron chi connectivity index (χ2n) is 14.3. The van der Waals surface area contributed by atoms with Crippen LogP contribution in [-0.4, -0.2) is 92.4 Å². The van der Waals surface area contributed by atoms with Crippen molar-refractivity contribution in [3.05, 3.63) is 112 Å². The first kappa shape index (κ1) is 34.6. The number of pyridine rings is 1. The fraction of sp³-hybridized carbons (Fsp3) is 0.359. The number of carbonyl (C=O) groups excluding carboxylic acids is 2. The van der Waals surface area contributed by atoms with E-state index >= 15 is 0 Å². The minimum absolute atomic E-state index is 0.0347. The number of aromatic nitrogens is 7. The van der Waals surface area contributed by atoms with Gasteiger partial charge >= 0.3 is 0 Å². The Balaban J connectivity index is 0.953. The highest BCUT2D eigenvalue weighted by atomic mass is 32.1. The number of likely N-dealkylation sites (tertiary alicyclic amines) is 2. The number of thiazole rings is 1. The van der Waals surface area contributed by atoms with Crippen LogP contribution in [0.1, 0.15) is 51.8 Å². The number of piperidine rings is 2. The Kier molecular flexibility index (Phi) is 9.03. The molecule has 2 saturated heterocycles. The lowest BCUT2D eigenvalue weighted by molar-refractivity contribution is -0.142. The molecular weight excluding hydrogens is 691 g/mol.